The molecule has 0 bridgehead atoms. The fourth-order valence-electron chi connectivity index (χ4n) is 3.35. The van der Waals surface area contributed by atoms with Gasteiger partial charge < -0.3 is 14.3 Å². The molecule has 0 aliphatic carbocycles. The third-order valence-electron chi connectivity index (χ3n) is 4.59. The van der Waals surface area contributed by atoms with Gasteiger partial charge in [-0.25, -0.2) is 0 Å². The highest BCUT2D eigenvalue weighted by Gasteiger charge is 2.42. The van der Waals surface area contributed by atoms with Crippen molar-refractivity contribution in [1.82, 2.24) is 15.0 Å². The molecule has 1 aromatic carbocycles. The Balaban J connectivity index is 1.62. The average molecular weight is 298 g/mol. The summed E-state index contributed by atoms with van der Waals surface area (Å²) in [5.74, 6) is 0.720. The SMILES string of the molecule is C[C@H]1C(=O)N2CCC[C@@H]2CN1c1nc(-c2ccccc2)no1. The molecule has 0 spiro atoms. The van der Waals surface area contributed by atoms with Crippen molar-refractivity contribution in [1.29, 1.82) is 0 Å². The summed E-state index contributed by atoms with van der Waals surface area (Å²) in [4.78, 5) is 20.9. The number of piperazine rings is 1. The van der Waals surface area contributed by atoms with Gasteiger partial charge >= 0.3 is 6.01 Å². The van der Waals surface area contributed by atoms with Gasteiger partial charge in [-0.3, -0.25) is 4.79 Å². The van der Waals surface area contributed by atoms with Gasteiger partial charge in [0.05, 0.1) is 0 Å². The lowest BCUT2D eigenvalue weighted by Crippen LogP contribution is -2.58. The molecule has 1 aromatic heterocycles. The Bertz CT molecular complexity index is 684. The van der Waals surface area contributed by atoms with Crippen LogP contribution in [0.15, 0.2) is 34.9 Å². The molecule has 2 aromatic rings. The second-order valence-electron chi connectivity index (χ2n) is 5.92. The second-order valence-corrected chi connectivity index (χ2v) is 5.92. The molecule has 0 N–H and O–H groups in total. The number of hydrogen-bond acceptors (Lipinski definition) is 5. The first-order chi connectivity index (χ1) is 10.7. The highest BCUT2D eigenvalue weighted by Crippen LogP contribution is 2.29. The predicted molar refractivity (Wildman–Crippen MR) is 81.3 cm³/mol. The van der Waals surface area contributed by atoms with E-state index in [1.54, 1.807) is 0 Å². The number of rotatable bonds is 2. The van der Waals surface area contributed by atoms with E-state index in [2.05, 4.69) is 10.1 Å². The molecule has 2 fully saturated rings. The molecule has 0 radical (unpaired) electrons. The Morgan fingerprint density at radius 2 is 2.05 bits per heavy atom. The van der Waals surface area contributed by atoms with E-state index >= 15 is 0 Å². The van der Waals surface area contributed by atoms with Crippen LogP contribution in [0.25, 0.3) is 11.4 Å². The molecule has 0 unspecified atom stereocenters. The Hall–Kier alpha value is -2.37. The highest BCUT2D eigenvalue weighted by atomic mass is 16.5. The van der Waals surface area contributed by atoms with E-state index in [0.717, 1.165) is 31.5 Å². The van der Waals surface area contributed by atoms with E-state index in [-0.39, 0.29) is 18.0 Å². The molecule has 22 heavy (non-hydrogen) atoms. The van der Waals surface area contributed by atoms with Gasteiger partial charge in [-0.05, 0) is 19.8 Å². The van der Waals surface area contributed by atoms with Crippen molar-refractivity contribution in [2.24, 2.45) is 0 Å². The van der Waals surface area contributed by atoms with Crippen molar-refractivity contribution in [2.75, 3.05) is 18.0 Å². The van der Waals surface area contributed by atoms with Crippen LogP contribution in [0.2, 0.25) is 0 Å². The number of hydrogen-bond donors (Lipinski definition) is 0. The fraction of sp³-hybridized carbons (Fsp3) is 0.438. The third kappa shape index (κ3) is 2.06. The van der Waals surface area contributed by atoms with Crippen LogP contribution in [-0.4, -0.2) is 46.1 Å². The minimum Gasteiger partial charge on any atom is -0.336 e. The van der Waals surface area contributed by atoms with E-state index in [4.69, 9.17) is 4.52 Å². The maximum atomic E-state index is 12.5. The minimum absolute atomic E-state index is 0.160. The molecule has 1 amide bonds. The first-order valence-electron chi connectivity index (χ1n) is 7.70. The zero-order valence-electron chi connectivity index (χ0n) is 12.5. The third-order valence-corrected chi connectivity index (χ3v) is 4.59. The molecule has 2 saturated heterocycles. The molecule has 3 heterocycles. The monoisotopic (exact) mass is 298 g/mol. The zero-order chi connectivity index (χ0) is 15.1. The second kappa shape index (κ2) is 5.12. The Morgan fingerprint density at radius 3 is 2.86 bits per heavy atom. The summed E-state index contributed by atoms with van der Waals surface area (Å²) in [6.45, 7) is 3.55. The molecule has 6 heteroatoms. The number of carbonyl (C=O) groups excluding carboxylic acids is 1. The van der Waals surface area contributed by atoms with Gasteiger partial charge in [0.25, 0.3) is 0 Å². The molecule has 2 atom stereocenters. The van der Waals surface area contributed by atoms with Crippen molar-refractivity contribution in [2.45, 2.75) is 31.8 Å². The Morgan fingerprint density at radius 1 is 1.23 bits per heavy atom. The molecule has 4 rings (SSSR count). The van der Waals surface area contributed by atoms with Gasteiger partial charge in [-0.1, -0.05) is 35.5 Å². The number of fused-ring (bicyclic) bond motifs is 1. The molecule has 2 aliphatic heterocycles. The fourth-order valence-corrected chi connectivity index (χ4v) is 3.35. The number of nitrogens with zero attached hydrogens (tertiary/aromatic N) is 4. The summed E-state index contributed by atoms with van der Waals surface area (Å²) in [5, 5.41) is 4.05. The summed E-state index contributed by atoms with van der Waals surface area (Å²) < 4.78 is 5.42. The minimum atomic E-state index is -0.251. The lowest BCUT2D eigenvalue weighted by atomic mass is 10.1. The van der Waals surface area contributed by atoms with E-state index in [1.165, 1.54) is 0 Å². The molecule has 6 nitrogen and oxygen atoms in total. The molecular weight excluding hydrogens is 280 g/mol. The van der Waals surface area contributed by atoms with Crippen LogP contribution >= 0.6 is 0 Å². The normalized spacial score (nSPS) is 24.7. The van der Waals surface area contributed by atoms with E-state index in [0.29, 0.717) is 11.8 Å². The number of carbonyl (C=O) groups is 1. The topological polar surface area (TPSA) is 62.5 Å². The van der Waals surface area contributed by atoms with E-state index < -0.39 is 0 Å². The summed E-state index contributed by atoms with van der Waals surface area (Å²) in [6.07, 6.45) is 2.13. The summed E-state index contributed by atoms with van der Waals surface area (Å²) in [5.41, 5.74) is 0.913. The Kier molecular flexibility index (Phi) is 3.10. The molecule has 2 aliphatic rings. The number of anilines is 1. The van der Waals surface area contributed by atoms with Crippen molar-refractivity contribution >= 4 is 11.9 Å². The van der Waals surface area contributed by atoms with Gasteiger partial charge in [-0.2, -0.15) is 4.98 Å². The van der Waals surface area contributed by atoms with Crippen LogP contribution in [0.5, 0.6) is 0 Å². The van der Waals surface area contributed by atoms with Gasteiger partial charge in [0.2, 0.25) is 11.7 Å². The van der Waals surface area contributed by atoms with Gasteiger partial charge in [0, 0.05) is 24.7 Å². The van der Waals surface area contributed by atoms with Gasteiger partial charge in [-0.15, -0.1) is 0 Å². The van der Waals surface area contributed by atoms with Crippen molar-refractivity contribution in [3.05, 3.63) is 30.3 Å². The Labute approximate surface area is 128 Å². The van der Waals surface area contributed by atoms with E-state index in [9.17, 15) is 4.79 Å². The quantitative estimate of drug-likeness (QED) is 0.848. The summed E-state index contributed by atoms with van der Waals surface area (Å²) in [6, 6.07) is 10.2. The number of benzene rings is 1. The number of amides is 1. The van der Waals surface area contributed by atoms with Crippen LogP contribution in [0, 0.1) is 0 Å². The highest BCUT2D eigenvalue weighted by molar-refractivity contribution is 5.86. The lowest BCUT2D eigenvalue weighted by molar-refractivity contribution is -0.135. The van der Waals surface area contributed by atoms with Crippen molar-refractivity contribution < 1.29 is 9.32 Å². The van der Waals surface area contributed by atoms with Crippen LogP contribution in [-0.2, 0) is 4.79 Å². The smallest absolute Gasteiger partial charge is 0.325 e. The summed E-state index contributed by atoms with van der Waals surface area (Å²) in [7, 11) is 0. The molecular formula is C16H18N4O2. The maximum absolute atomic E-state index is 12.5. The molecule has 0 saturated carbocycles. The van der Waals surface area contributed by atoms with E-state index in [1.807, 2.05) is 47.1 Å². The van der Waals surface area contributed by atoms with Crippen molar-refractivity contribution in [3.63, 3.8) is 0 Å². The zero-order valence-corrected chi connectivity index (χ0v) is 12.5. The first kappa shape index (κ1) is 13.3. The first-order valence-corrected chi connectivity index (χ1v) is 7.70. The van der Waals surface area contributed by atoms with Crippen LogP contribution < -0.4 is 4.90 Å². The summed E-state index contributed by atoms with van der Waals surface area (Å²) >= 11 is 0. The molecule has 114 valence electrons. The number of aromatic nitrogens is 2. The lowest BCUT2D eigenvalue weighted by Gasteiger charge is -2.40. The standard InChI is InChI=1S/C16H18N4O2/c1-11-15(21)19-9-5-8-13(19)10-20(11)16-17-14(18-22-16)12-6-3-2-4-7-12/h2-4,6-7,11,13H,5,8-10H2,1H3/t11-,13+/m0/s1. The van der Waals surface area contributed by atoms with Crippen molar-refractivity contribution in [3.8, 4) is 11.4 Å². The predicted octanol–water partition coefficient (Wildman–Crippen LogP) is 1.94. The largest absolute Gasteiger partial charge is 0.336 e. The van der Waals surface area contributed by atoms with Gasteiger partial charge in [0.1, 0.15) is 6.04 Å². The van der Waals surface area contributed by atoms with Gasteiger partial charge in [0.15, 0.2) is 0 Å². The maximum Gasteiger partial charge on any atom is 0.325 e. The van der Waals surface area contributed by atoms with Crippen LogP contribution in [0.4, 0.5) is 6.01 Å². The van der Waals surface area contributed by atoms with Crippen LogP contribution in [0.1, 0.15) is 19.8 Å². The van der Waals surface area contributed by atoms with Crippen LogP contribution in [0.3, 0.4) is 0 Å². The average Bonchev–Trinajstić information content (AvgIpc) is 3.20.